The second kappa shape index (κ2) is 5.20. The van der Waals surface area contributed by atoms with Gasteiger partial charge >= 0.3 is 0 Å². The highest BCUT2D eigenvalue weighted by Gasteiger charge is 2.17. The van der Waals surface area contributed by atoms with Crippen molar-refractivity contribution < 1.29 is 9.90 Å². The van der Waals surface area contributed by atoms with Gasteiger partial charge in [-0.25, -0.2) is 4.98 Å². The number of phenolic OH excluding ortho intramolecular Hbond substituents is 1. The number of benzene rings is 1. The average Bonchev–Trinajstić information content (AvgIpc) is 3.07. The summed E-state index contributed by atoms with van der Waals surface area (Å²) in [7, 11) is 0. The van der Waals surface area contributed by atoms with Crippen molar-refractivity contribution in [3.8, 4) is 5.75 Å². The molecule has 7 nitrogen and oxygen atoms in total. The van der Waals surface area contributed by atoms with Gasteiger partial charge in [-0.2, -0.15) is 4.99 Å². The third-order valence-electron chi connectivity index (χ3n) is 3.73. The normalized spacial score (nSPS) is 13.8. The first kappa shape index (κ1) is 13.4. The molecular formula is C16H13N5O2. The Morgan fingerprint density at radius 2 is 2.22 bits per heavy atom. The Bertz CT molecular complexity index is 979. The molecule has 7 heteroatoms. The summed E-state index contributed by atoms with van der Waals surface area (Å²) in [6.45, 7) is 1.38. The number of pyridine rings is 1. The topological polar surface area (TPSA) is 92.4 Å². The Morgan fingerprint density at radius 3 is 3.04 bits per heavy atom. The van der Waals surface area contributed by atoms with E-state index in [1.165, 1.54) is 6.20 Å². The van der Waals surface area contributed by atoms with Gasteiger partial charge in [0.25, 0.3) is 5.91 Å². The molecule has 0 spiro atoms. The van der Waals surface area contributed by atoms with Gasteiger partial charge < -0.3 is 10.4 Å². The summed E-state index contributed by atoms with van der Waals surface area (Å²) in [5.41, 5.74) is 1.09. The monoisotopic (exact) mass is 307 g/mol. The van der Waals surface area contributed by atoms with Crippen LogP contribution < -0.4 is 10.9 Å². The fourth-order valence-corrected chi connectivity index (χ4v) is 2.66. The van der Waals surface area contributed by atoms with Crippen LogP contribution in [0.3, 0.4) is 0 Å². The van der Waals surface area contributed by atoms with E-state index in [1.807, 2.05) is 10.6 Å². The van der Waals surface area contributed by atoms with Crippen molar-refractivity contribution in [1.29, 1.82) is 0 Å². The zero-order valence-corrected chi connectivity index (χ0v) is 12.1. The molecular weight excluding hydrogens is 294 g/mol. The van der Waals surface area contributed by atoms with E-state index in [0.717, 1.165) is 17.7 Å². The number of aromatic nitrogens is 3. The fourth-order valence-electron chi connectivity index (χ4n) is 2.66. The van der Waals surface area contributed by atoms with Crippen LogP contribution in [0.5, 0.6) is 5.75 Å². The van der Waals surface area contributed by atoms with E-state index in [4.69, 9.17) is 0 Å². The summed E-state index contributed by atoms with van der Waals surface area (Å²) in [4.78, 5) is 24.7. The first-order valence-electron chi connectivity index (χ1n) is 7.19. The molecule has 3 heterocycles. The van der Waals surface area contributed by atoms with Crippen LogP contribution in [-0.4, -0.2) is 32.1 Å². The van der Waals surface area contributed by atoms with Crippen molar-refractivity contribution in [1.82, 2.24) is 14.5 Å². The number of hydrogen-bond donors (Lipinski definition) is 2. The van der Waals surface area contributed by atoms with Crippen molar-refractivity contribution in [3.05, 3.63) is 53.9 Å². The van der Waals surface area contributed by atoms with Crippen LogP contribution in [0.1, 0.15) is 10.4 Å². The number of carbonyl (C=O) groups excluding carboxylic acids is 1. The minimum atomic E-state index is -0.415. The number of phenols is 1. The van der Waals surface area contributed by atoms with Crippen LogP contribution in [0.15, 0.2) is 47.7 Å². The largest absolute Gasteiger partial charge is 0.506 e. The Balaban J connectivity index is 1.96. The van der Waals surface area contributed by atoms with E-state index in [0.29, 0.717) is 17.6 Å². The van der Waals surface area contributed by atoms with E-state index < -0.39 is 5.91 Å². The number of fused-ring (bicyclic) bond motifs is 3. The van der Waals surface area contributed by atoms with E-state index >= 15 is 0 Å². The number of para-hydroxylation sites is 1. The standard InChI is InChI=1S/C16H13N5O2/c22-12-5-1-4-11-13(12)19-16(21-8-7-18-14(11)21)20-15(23)10-3-2-6-17-9-10/h1-6,9,18,22H,7-8H2. The number of anilines is 1. The Kier molecular flexibility index (Phi) is 3.04. The van der Waals surface area contributed by atoms with E-state index in [1.54, 1.807) is 30.5 Å². The first-order chi connectivity index (χ1) is 11.2. The molecule has 0 saturated carbocycles. The van der Waals surface area contributed by atoms with Crippen LogP contribution in [-0.2, 0) is 6.54 Å². The molecule has 0 bridgehead atoms. The summed E-state index contributed by atoms with van der Waals surface area (Å²) in [5, 5.41) is 14.1. The van der Waals surface area contributed by atoms with Crippen LogP contribution in [0.25, 0.3) is 10.9 Å². The summed E-state index contributed by atoms with van der Waals surface area (Å²) in [6.07, 6.45) is 3.06. The molecule has 2 aromatic heterocycles. The van der Waals surface area contributed by atoms with Crippen molar-refractivity contribution in [2.45, 2.75) is 6.54 Å². The first-order valence-corrected chi connectivity index (χ1v) is 7.19. The van der Waals surface area contributed by atoms with Crippen LogP contribution in [0, 0.1) is 0 Å². The molecule has 1 aliphatic heterocycles. The number of nitrogens with one attached hydrogen (secondary N) is 1. The summed E-state index contributed by atoms with van der Waals surface area (Å²) in [6, 6.07) is 8.53. The molecule has 23 heavy (non-hydrogen) atoms. The van der Waals surface area contributed by atoms with Crippen molar-refractivity contribution >= 4 is 22.6 Å². The zero-order valence-electron chi connectivity index (χ0n) is 12.1. The molecule has 0 radical (unpaired) electrons. The lowest BCUT2D eigenvalue weighted by atomic mass is 10.2. The lowest BCUT2D eigenvalue weighted by Crippen LogP contribution is -2.24. The number of hydrogen-bond acceptors (Lipinski definition) is 5. The minimum absolute atomic E-state index is 0.0601. The van der Waals surface area contributed by atoms with Crippen LogP contribution in [0.4, 0.5) is 5.82 Å². The predicted octanol–water partition coefficient (Wildman–Crippen LogP) is 1.30. The van der Waals surface area contributed by atoms with Gasteiger partial charge in [0.2, 0.25) is 5.62 Å². The van der Waals surface area contributed by atoms with Gasteiger partial charge in [0.05, 0.1) is 5.56 Å². The summed E-state index contributed by atoms with van der Waals surface area (Å²) < 4.78 is 1.84. The predicted molar refractivity (Wildman–Crippen MR) is 84.0 cm³/mol. The number of aromatic hydroxyl groups is 1. The highest BCUT2D eigenvalue weighted by molar-refractivity contribution is 5.95. The third-order valence-corrected chi connectivity index (χ3v) is 3.73. The van der Waals surface area contributed by atoms with E-state index in [2.05, 4.69) is 20.3 Å². The average molecular weight is 307 g/mol. The van der Waals surface area contributed by atoms with Gasteiger partial charge in [0.1, 0.15) is 17.1 Å². The zero-order chi connectivity index (χ0) is 15.8. The minimum Gasteiger partial charge on any atom is -0.506 e. The number of rotatable bonds is 1. The summed E-state index contributed by atoms with van der Waals surface area (Å²) in [5.74, 6) is 0.454. The second-order valence-corrected chi connectivity index (χ2v) is 5.17. The number of nitrogens with zero attached hydrogens (tertiary/aromatic N) is 4. The van der Waals surface area contributed by atoms with Crippen molar-refractivity contribution in [3.63, 3.8) is 0 Å². The molecule has 4 rings (SSSR count). The van der Waals surface area contributed by atoms with Gasteiger partial charge in [-0.1, -0.05) is 6.07 Å². The smallest absolute Gasteiger partial charge is 0.281 e. The third kappa shape index (κ3) is 2.22. The Morgan fingerprint density at radius 1 is 1.30 bits per heavy atom. The van der Waals surface area contributed by atoms with Gasteiger partial charge in [0.15, 0.2) is 0 Å². The molecule has 0 atom stereocenters. The maximum absolute atomic E-state index is 12.3. The lowest BCUT2D eigenvalue weighted by molar-refractivity contribution is 0.0996. The number of carbonyl (C=O) groups is 1. The molecule has 114 valence electrons. The molecule has 1 amide bonds. The molecule has 1 aromatic carbocycles. The van der Waals surface area contributed by atoms with E-state index in [-0.39, 0.29) is 11.4 Å². The molecule has 1 aliphatic rings. The number of amides is 1. The van der Waals surface area contributed by atoms with Gasteiger partial charge in [0, 0.05) is 30.9 Å². The molecule has 0 aliphatic carbocycles. The van der Waals surface area contributed by atoms with Crippen LogP contribution in [0.2, 0.25) is 0 Å². The Hall–Kier alpha value is -3.22. The lowest BCUT2D eigenvalue weighted by Gasteiger charge is -2.08. The van der Waals surface area contributed by atoms with Gasteiger partial charge in [-0.15, -0.1) is 0 Å². The summed E-state index contributed by atoms with van der Waals surface area (Å²) >= 11 is 0. The highest BCUT2D eigenvalue weighted by Crippen LogP contribution is 2.28. The van der Waals surface area contributed by atoms with Crippen LogP contribution >= 0.6 is 0 Å². The molecule has 2 N–H and O–H groups in total. The molecule has 0 unspecified atom stereocenters. The molecule has 3 aromatic rings. The van der Waals surface area contributed by atoms with Crippen molar-refractivity contribution in [2.24, 2.45) is 4.99 Å². The molecule has 0 saturated heterocycles. The van der Waals surface area contributed by atoms with Crippen molar-refractivity contribution in [2.75, 3.05) is 11.9 Å². The second-order valence-electron chi connectivity index (χ2n) is 5.17. The SMILES string of the molecule is O=C(N=c1nc2c(O)cccc2c2n1CCN2)c1cccnc1. The van der Waals surface area contributed by atoms with Gasteiger partial charge in [-0.3, -0.25) is 14.3 Å². The fraction of sp³-hybridized carbons (Fsp3) is 0.125. The quantitative estimate of drug-likeness (QED) is 0.707. The maximum atomic E-state index is 12.3. The van der Waals surface area contributed by atoms with E-state index in [9.17, 15) is 9.90 Å². The maximum Gasteiger partial charge on any atom is 0.281 e. The molecule has 0 fully saturated rings. The highest BCUT2D eigenvalue weighted by atomic mass is 16.3. The Labute approximate surface area is 131 Å². The van der Waals surface area contributed by atoms with Gasteiger partial charge in [-0.05, 0) is 24.3 Å².